The predicted molar refractivity (Wildman–Crippen MR) is 121 cm³/mol. The summed E-state index contributed by atoms with van der Waals surface area (Å²) in [6.07, 6.45) is 3.87. The fourth-order valence-corrected chi connectivity index (χ4v) is 4.64. The molecule has 164 valence electrons. The van der Waals surface area contributed by atoms with E-state index < -0.39 is 0 Å². The number of carbonyl (C=O) groups is 2. The van der Waals surface area contributed by atoms with Crippen LogP contribution >= 0.6 is 11.6 Å². The van der Waals surface area contributed by atoms with Crippen LogP contribution in [0.4, 0.5) is 5.95 Å². The number of likely N-dealkylation sites (tertiary alicyclic amines) is 2. The van der Waals surface area contributed by atoms with E-state index in [9.17, 15) is 9.59 Å². The fourth-order valence-electron chi connectivity index (χ4n) is 4.45. The summed E-state index contributed by atoms with van der Waals surface area (Å²) in [6.45, 7) is 1.87. The Bertz CT molecular complexity index is 988. The Labute approximate surface area is 188 Å². The molecule has 0 saturated carbocycles. The van der Waals surface area contributed by atoms with E-state index in [0.717, 1.165) is 29.7 Å². The minimum Gasteiger partial charge on any atom is -0.347 e. The number of rotatable bonds is 4. The van der Waals surface area contributed by atoms with Crippen LogP contribution in [0.2, 0.25) is 5.02 Å². The molecule has 7 nitrogen and oxygen atoms in total. The van der Waals surface area contributed by atoms with Crippen LogP contribution in [0.25, 0.3) is 11.1 Å². The highest BCUT2D eigenvalue weighted by Crippen LogP contribution is 2.36. The van der Waals surface area contributed by atoms with E-state index in [4.69, 9.17) is 16.6 Å². The summed E-state index contributed by atoms with van der Waals surface area (Å²) in [6, 6.07) is 7.75. The molecule has 0 unspecified atom stereocenters. The molecule has 2 fully saturated rings. The first-order valence-corrected chi connectivity index (χ1v) is 11.0. The Morgan fingerprint density at radius 2 is 1.97 bits per heavy atom. The molecule has 2 saturated heterocycles. The van der Waals surface area contributed by atoms with Crippen LogP contribution in [0.15, 0.2) is 30.5 Å². The molecule has 0 radical (unpaired) electrons. The Balaban J connectivity index is 1.54. The second-order valence-corrected chi connectivity index (χ2v) is 9.08. The molecule has 4 rings (SSSR count). The van der Waals surface area contributed by atoms with Crippen molar-refractivity contribution in [1.29, 1.82) is 0 Å². The molecule has 0 spiro atoms. The zero-order chi connectivity index (χ0) is 22.1. The van der Waals surface area contributed by atoms with E-state index in [2.05, 4.69) is 4.98 Å². The van der Waals surface area contributed by atoms with Gasteiger partial charge in [-0.3, -0.25) is 9.59 Å². The lowest BCUT2D eigenvalue weighted by Crippen LogP contribution is -2.42. The summed E-state index contributed by atoms with van der Waals surface area (Å²) in [5.41, 5.74) is 2.99. The van der Waals surface area contributed by atoms with Crippen LogP contribution in [0.3, 0.4) is 0 Å². The number of hydrogen-bond acceptors (Lipinski definition) is 5. The van der Waals surface area contributed by atoms with Crippen LogP contribution in [-0.2, 0) is 9.59 Å². The SMILES string of the molecule is CN1C[C@H](C(=O)N2CCC(c3nc(N(C)C)ncc3-c3cccc(Cl)c3)CC2)CC1=O. The van der Waals surface area contributed by atoms with E-state index in [1.807, 2.05) is 54.4 Å². The van der Waals surface area contributed by atoms with Gasteiger partial charge in [-0.2, -0.15) is 0 Å². The Hall–Kier alpha value is -2.67. The van der Waals surface area contributed by atoms with Gasteiger partial charge in [-0.1, -0.05) is 23.7 Å². The Kier molecular flexibility index (Phi) is 6.14. The summed E-state index contributed by atoms with van der Waals surface area (Å²) >= 11 is 6.23. The lowest BCUT2D eigenvalue weighted by Gasteiger charge is -2.34. The van der Waals surface area contributed by atoms with Crippen molar-refractivity contribution in [3.8, 4) is 11.1 Å². The van der Waals surface area contributed by atoms with Crippen LogP contribution in [0.1, 0.15) is 30.9 Å². The molecule has 2 aliphatic heterocycles. The number of piperidine rings is 1. The van der Waals surface area contributed by atoms with Gasteiger partial charge in [-0.25, -0.2) is 9.97 Å². The maximum absolute atomic E-state index is 12.9. The maximum atomic E-state index is 12.9. The lowest BCUT2D eigenvalue weighted by molar-refractivity contribution is -0.136. The van der Waals surface area contributed by atoms with Crippen molar-refractivity contribution in [2.24, 2.45) is 5.92 Å². The van der Waals surface area contributed by atoms with Crippen LogP contribution in [-0.4, -0.2) is 72.4 Å². The van der Waals surface area contributed by atoms with Gasteiger partial charge in [-0.15, -0.1) is 0 Å². The van der Waals surface area contributed by atoms with Crippen LogP contribution in [0, 0.1) is 5.92 Å². The molecule has 1 atom stereocenters. The minimum absolute atomic E-state index is 0.0524. The first-order chi connectivity index (χ1) is 14.8. The molecule has 2 aromatic rings. The summed E-state index contributed by atoms with van der Waals surface area (Å²) < 4.78 is 0. The number of halogens is 1. The summed E-state index contributed by atoms with van der Waals surface area (Å²) in [7, 11) is 5.62. The predicted octanol–water partition coefficient (Wildman–Crippen LogP) is 3.05. The van der Waals surface area contributed by atoms with Gasteiger partial charge < -0.3 is 14.7 Å². The highest BCUT2D eigenvalue weighted by Gasteiger charge is 2.36. The van der Waals surface area contributed by atoms with Crippen LogP contribution < -0.4 is 4.90 Å². The van der Waals surface area contributed by atoms with Gasteiger partial charge in [0.15, 0.2) is 0 Å². The third kappa shape index (κ3) is 4.51. The van der Waals surface area contributed by atoms with E-state index in [1.165, 1.54) is 0 Å². The van der Waals surface area contributed by atoms with Gasteiger partial charge in [0.05, 0.1) is 11.6 Å². The highest BCUT2D eigenvalue weighted by atomic mass is 35.5. The summed E-state index contributed by atoms with van der Waals surface area (Å²) in [4.78, 5) is 39.6. The molecule has 2 amide bonds. The van der Waals surface area contributed by atoms with Gasteiger partial charge in [0.25, 0.3) is 0 Å². The quantitative estimate of drug-likeness (QED) is 0.729. The van der Waals surface area contributed by atoms with E-state index in [0.29, 0.717) is 37.0 Å². The average molecular weight is 442 g/mol. The first-order valence-electron chi connectivity index (χ1n) is 10.7. The third-order valence-electron chi connectivity index (χ3n) is 6.22. The fraction of sp³-hybridized carbons (Fsp3) is 0.478. The third-order valence-corrected chi connectivity index (χ3v) is 6.46. The van der Waals surface area contributed by atoms with Crippen molar-refractivity contribution < 1.29 is 9.59 Å². The molecule has 0 bridgehead atoms. The Morgan fingerprint density at radius 1 is 1.23 bits per heavy atom. The lowest BCUT2D eigenvalue weighted by atomic mass is 9.88. The number of hydrogen-bond donors (Lipinski definition) is 0. The summed E-state index contributed by atoms with van der Waals surface area (Å²) in [5, 5.41) is 0.677. The van der Waals surface area contributed by atoms with Crippen molar-refractivity contribution in [3.05, 3.63) is 41.2 Å². The number of amides is 2. The van der Waals surface area contributed by atoms with Gasteiger partial charge in [0.2, 0.25) is 17.8 Å². The number of carbonyl (C=O) groups excluding carboxylic acids is 2. The molecule has 0 N–H and O–H groups in total. The van der Waals surface area contributed by atoms with E-state index >= 15 is 0 Å². The van der Waals surface area contributed by atoms with Crippen LogP contribution in [0.5, 0.6) is 0 Å². The van der Waals surface area contributed by atoms with Crippen molar-refractivity contribution in [3.63, 3.8) is 0 Å². The topological polar surface area (TPSA) is 69.6 Å². The molecule has 2 aliphatic rings. The molecule has 1 aromatic carbocycles. The molecule has 3 heterocycles. The number of benzene rings is 1. The largest absolute Gasteiger partial charge is 0.347 e. The van der Waals surface area contributed by atoms with Gasteiger partial charge in [0.1, 0.15) is 0 Å². The highest BCUT2D eigenvalue weighted by molar-refractivity contribution is 6.30. The second kappa shape index (κ2) is 8.83. The monoisotopic (exact) mass is 441 g/mol. The van der Waals surface area contributed by atoms with E-state index in [-0.39, 0.29) is 23.7 Å². The van der Waals surface area contributed by atoms with E-state index in [1.54, 1.807) is 11.9 Å². The minimum atomic E-state index is -0.213. The van der Waals surface area contributed by atoms with Gasteiger partial charge >= 0.3 is 0 Å². The normalized spacial score (nSPS) is 19.7. The zero-order valence-corrected chi connectivity index (χ0v) is 19.0. The number of anilines is 1. The number of aromatic nitrogens is 2. The molecule has 31 heavy (non-hydrogen) atoms. The maximum Gasteiger partial charge on any atom is 0.227 e. The van der Waals surface area contributed by atoms with Crippen molar-refractivity contribution in [1.82, 2.24) is 19.8 Å². The van der Waals surface area contributed by atoms with Gasteiger partial charge in [0, 0.05) is 69.9 Å². The van der Waals surface area contributed by atoms with Crippen molar-refractivity contribution in [2.75, 3.05) is 45.7 Å². The Morgan fingerprint density at radius 3 is 2.58 bits per heavy atom. The number of nitrogens with zero attached hydrogens (tertiary/aromatic N) is 5. The smallest absolute Gasteiger partial charge is 0.227 e. The standard InChI is InChI=1S/C23H28ClN5O2/c1-27(2)23-25-13-19(16-5-4-6-18(24)11-16)21(26-23)15-7-9-29(10-8-15)22(31)17-12-20(30)28(3)14-17/h4-6,11,13,15,17H,7-10,12,14H2,1-3H3/t17-/m1/s1. The molecule has 1 aromatic heterocycles. The first kappa shape index (κ1) is 21.6. The summed E-state index contributed by atoms with van der Waals surface area (Å²) in [5.74, 6) is 0.842. The zero-order valence-electron chi connectivity index (χ0n) is 18.2. The van der Waals surface area contributed by atoms with Crippen molar-refractivity contribution >= 4 is 29.4 Å². The van der Waals surface area contributed by atoms with Gasteiger partial charge in [-0.05, 0) is 30.5 Å². The van der Waals surface area contributed by atoms with Crippen molar-refractivity contribution in [2.45, 2.75) is 25.2 Å². The second-order valence-electron chi connectivity index (χ2n) is 8.65. The molecule has 8 heteroatoms. The molecular formula is C23H28ClN5O2. The molecular weight excluding hydrogens is 414 g/mol. The average Bonchev–Trinajstić information content (AvgIpc) is 3.11. The molecule has 0 aliphatic carbocycles.